The van der Waals surface area contributed by atoms with Crippen molar-refractivity contribution in [3.05, 3.63) is 76.4 Å². The van der Waals surface area contributed by atoms with Crippen LogP contribution in [0.5, 0.6) is 5.75 Å². The van der Waals surface area contributed by atoms with Crippen LogP contribution in [0.15, 0.2) is 54.7 Å². The second-order valence-corrected chi connectivity index (χ2v) is 7.03. The van der Waals surface area contributed by atoms with Crippen molar-refractivity contribution in [2.75, 3.05) is 5.32 Å². The Morgan fingerprint density at radius 2 is 2.00 bits per heavy atom. The molecular weight excluding hydrogens is 362 g/mol. The minimum Gasteiger partial charge on any atom is -0.480 e. The summed E-state index contributed by atoms with van der Waals surface area (Å²) in [6.45, 7) is 2.72. The Bertz CT molecular complexity index is 966. The topological polar surface area (TPSA) is 56.2 Å². The molecule has 27 heavy (non-hydrogen) atoms. The van der Waals surface area contributed by atoms with E-state index in [9.17, 15) is 4.79 Å². The lowest BCUT2D eigenvalue weighted by atomic mass is 10.1. The Labute approximate surface area is 162 Å². The van der Waals surface area contributed by atoms with Crippen molar-refractivity contribution in [1.82, 2.24) is 9.78 Å². The summed E-state index contributed by atoms with van der Waals surface area (Å²) in [7, 11) is 0. The zero-order valence-electron chi connectivity index (χ0n) is 15.0. The maximum atomic E-state index is 12.6. The van der Waals surface area contributed by atoms with Crippen molar-refractivity contribution >= 4 is 23.3 Å². The van der Waals surface area contributed by atoms with Crippen LogP contribution in [-0.2, 0) is 24.2 Å². The second kappa shape index (κ2) is 7.45. The van der Waals surface area contributed by atoms with Crippen molar-refractivity contribution in [2.45, 2.75) is 32.4 Å². The number of benzene rings is 2. The van der Waals surface area contributed by atoms with Crippen LogP contribution in [0.2, 0.25) is 5.02 Å². The van der Waals surface area contributed by atoms with E-state index in [1.807, 2.05) is 6.07 Å². The van der Waals surface area contributed by atoms with E-state index in [-0.39, 0.29) is 5.91 Å². The summed E-state index contributed by atoms with van der Waals surface area (Å²) in [5.41, 5.74) is 3.38. The number of halogens is 1. The Kier molecular flexibility index (Phi) is 4.86. The molecule has 4 rings (SSSR count). The number of nitrogens with zero attached hydrogens (tertiary/aromatic N) is 2. The highest BCUT2D eigenvalue weighted by molar-refractivity contribution is 6.30. The van der Waals surface area contributed by atoms with Gasteiger partial charge in [-0.25, -0.2) is 4.68 Å². The molecule has 5 nitrogen and oxygen atoms in total. The number of fused-ring (bicyclic) bond motifs is 1. The van der Waals surface area contributed by atoms with Gasteiger partial charge in [0.2, 0.25) is 0 Å². The molecule has 0 fully saturated rings. The maximum Gasteiger partial charge on any atom is 0.266 e. The SMILES string of the molecule is CCc1ccc(Cn2nccc2NC(=O)[C@H]2Cc3cc(Cl)ccc3O2)cc1. The summed E-state index contributed by atoms with van der Waals surface area (Å²) < 4.78 is 7.53. The van der Waals surface area contributed by atoms with Gasteiger partial charge in [-0.15, -0.1) is 0 Å². The van der Waals surface area contributed by atoms with Gasteiger partial charge < -0.3 is 10.1 Å². The Balaban J connectivity index is 1.43. The average molecular weight is 382 g/mol. The fraction of sp³-hybridized carbons (Fsp3) is 0.238. The van der Waals surface area contributed by atoms with Crippen LogP contribution in [0.25, 0.3) is 0 Å². The van der Waals surface area contributed by atoms with Crippen LogP contribution in [0.1, 0.15) is 23.6 Å². The number of amides is 1. The molecule has 0 unspecified atom stereocenters. The Morgan fingerprint density at radius 3 is 2.78 bits per heavy atom. The number of carbonyl (C=O) groups is 1. The van der Waals surface area contributed by atoms with Gasteiger partial charge in [0, 0.05) is 17.5 Å². The Morgan fingerprint density at radius 1 is 1.22 bits per heavy atom. The van der Waals surface area contributed by atoms with E-state index in [1.54, 1.807) is 29.1 Å². The van der Waals surface area contributed by atoms with Gasteiger partial charge in [0.1, 0.15) is 11.6 Å². The summed E-state index contributed by atoms with van der Waals surface area (Å²) >= 11 is 6.01. The fourth-order valence-electron chi connectivity index (χ4n) is 3.19. The van der Waals surface area contributed by atoms with Crippen LogP contribution in [0.3, 0.4) is 0 Å². The normalized spacial score (nSPS) is 15.3. The molecule has 3 aromatic rings. The van der Waals surface area contributed by atoms with Gasteiger partial charge in [0.05, 0.1) is 12.7 Å². The summed E-state index contributed by atoms with van der Waals surface area (Å²) in [5, 5.41) is 7.90. The minimum atomic E-state index is -0.564. The maximum absolute atomic E-state index is 12.6. The zero-order chi connectivity index (χ0) is 18.8. The molecule has 0 bridgehead atoms. The number of aryl methyl sites for hydroxylation is 1. The largest absolute Gasteiger partial charge is 0.480 e. The highest BCUT2D eigenvalue weighted by atomic mass is 35.5. The molecule has 1 amide bonds. The summed E-state index contributed by atoms with van der Waals surface area (Å²) in [6, 6.07) is 15.6. The number of ether oxygens (including phenoxy) is 1. The molecule has 138 valence electrons. The van der Waals surface area contributed by atoms with Crippen molar-refractivity contribution in [3.8, 4) is 5.75 Å². The molecule has 1 aromatic heterocycles. The predicted octanol–water partition coefficient (Wildman–Crippen LogP) is 4.09. The van der Waals surface area contributed by atoms with Gasteiger partial charge in [-0.3, -0.25) is 4.79 Å². The van der Waals surface area contributed by atoms with Gasteiger partial charge in [-0.05, 0) is 41.3 Å². The highest BCUT2D eigenvalue weighted by Gasteiger charge is 2.29. The van der Waals surface area contributed by atoms with Crippen LogP contribution in [0, 0.1) is 0 Å². The fourth-order valence-corrected chi connectivity index (χ4v) is 3.38. The van der Waals surface area contributed by atoms with Gasteiger partial charge in [-0.2, -0.15) is 5.10 Å². The van der Waals surface area contributed by atoms with E-state index in [2.05, 4.69) is 41.6 Å². The van der Waals surface area contributed by atoms with E-state index in [4.69, 9.17) is 16.3 Å². The molecule has 1 aliphatic heterocycles. The lowest BCUT2D eigenvalue weighted by Gasteiger charge is -2.13. The van der Waals surface area contributed by atoms with Gasteiger partial charge in [0.15, 0.2) is 6.10 Å². The number of aromatic nitrogens is 2. The first-order valence-corrected chi connectivity index (χ1v) is 9.36. The van der Waals surface area contributed by atoms with Crippen LogP contribution in [0.4, 0.5) is 5.82 Å². The first kappa shape index (κ1) is 17.6. The highest BCUT2D eigenvalue weighted by Crippen LogP contribution is 2.31. The van der Waals surface area contributed by atoms with E-state index in [0.717, 1.165) is 17.5 Å². The standard InChI is InChI=1S/C21H20ClN3O2/c1-2-14-3-5-15(6-4-14)13-25-20(9-10-23-25)24-21(26)19-12-16-11-17(22)7-8-18(16)27-19/h3-11,19H,2,12-13H2,1H3,(H,24,26)/t19-/m1/s1. The van der Waals surface area contributed by atoms with E-state index < -0.39 is 6.10 Å². The van der Waals surface area contributed by atoms with E-state index in [0.29, 0.717) is 29.6 Å². The number of rotatable bonds is 5. The molecule has 0 radical (unpaired) electrons. The molecule has 6 heteroatoms. The Hall–Kier alpha value is -2.79. The van der Waals surface area contributed by atoms with Crippen molar-refractivity contribution in [2.24, 2.45) is 0 Å². The molecule has 1 aliphatic rings. The van der Waals surface area contributed by atoms with E-state index >= 15 is 0 Å². The molecule has 0 saturated heterocycles. The summed E-state index contributed by atoms with van der Waals surface area (Å²) in [6.07, 6.45) is 2.64. The van der Waals surface area contributed by atoms with Crippen LogP contribution in [-0.4, -0.2) is 21.8 Å². The molecule has 0 saturated carbocycles. The molecule has 0 spiro atoms. The lowest BCUT2D eigenvalue weighted by molar-refractivity contribution is -0.122. The van der Waals surface area contributed by atoms with Crippen molar-refractivity contribution < 1.29 is 9.53 Å². The predicted molar refractivity (Wildman–Crippen MR) is 105 cm³/mol. The van der Waals surface area contributed by atoms with Gasteiger partial charge in [-0.1, -0.05) is 42.8 Å². The zero-order valence-corrected chi connectivity index (χ0v) is 15.7. The minimum absolute atomic E-state index is 0.189. The molecule has 1 atom stereocenters. The third-order valence-corrected chi connectivity index (χ3v) is 4.96. The smallest absolute Gasteiger partial charge is 0.266 e. The first-order chi connectivity index (χ1) is 13.1. The molecule has 2 heterocycles. The second-order valence-electron chi connectivity index (χ2n) is 6.60. The number of hydrogen-bond acceptors (Lipinski definition) is 3. The summed E-state index contributed by atoms with van der Waals surface area (Å²) in [4.78, 5) is 12.6. The van der Waals surface area contributed by atoms with Crippen LogP contribution >= 0.6 is 11.6 Å². The first-order valence-electron chi connectivity index (χ1n) is 8.98. The molecule has 2 aromatic carbocycles. The third kappa shape index (κ3) is 3.83. The third-order valence-electron chi connectivity index (χ3n) is 4.72. The van der Waals surface area contributed by atoms with Crippen molar-refractivity contribution in [1.29, 1.82) is 0 Å². The number of carbonyl (C=O) groups excluding carboxylic acids is 1. The van der Waals surface area contributed by atoms with Gasteiger partial charge >= 0.3 is 0 Å². The quantitative estimate of drug-likeness (QED) is 0.724. The van der Waals surface area contributed by atoms with Gasteiger partial charge in [0.25, 0.3) is 5.91 Å². The molecule has 1 N–H and O–H groups in total. The van der Waals surface area contributed by atoms with E-state index in [1.165, 1.54) is 5.56 Å². The average Bonchev–Trinajstić information content (AvgIpc) is 3.29. The number of anilines is 1. The molecular formula is C21H20ClN3O2. The molecule has 0 aliphatic carbocycles. The lowest BCUT2D eigenvalue weighted by Crippen LogP contribution is -2.32. The summed E-state index contributed by atoms with van der Waals surface area (Å²) in [5.74, 6) is 1.17. The van der Waals surface area contributed by atoms with Crippen LogP contribution < -0.4 is 10.1 Å². The monoisotopic (exact) mass is 381 g/mol. The number of nitrogens with one attached hydrogen (secondary N) is 1. The van der Waals surface area contributed by atoms with Crippen molar-refractivity contribution in [3.63, 3.8) is 0 Å². The number of hydrogen-bond donors (Lipinski definition) is 1.